The van der Waals surface area contributed by atoms with E-state index in [4.69, 9.17) is 5.73 Å². The van der Waals surface area contributed by atoms with Crippen LogP contribution in [0.15, 0.2) is 27.6 Å². The van der Waals surface area contributed by atoms with Gasteiger partial charge in [0, 0.05) is 23.2 Å². The molecule has 19 heavy (non-hydrogen) atoms. The molecule has 8 heteroatoms. The maximum absolute atomic E-state index is 12.5. The molecule has 1 saturated heterocycles. The first-order valence-electron chi connectivity index (χ1n) is 5.68. The molecule has 1 unspecified atom stereocenters. The fraction of sp³-hybridized carbons (Fsp3) is 0.364. The number of halogens is 1. The molecule has 1 amide bonds. The fourth-order valence-corrected chi connectivity index (χ4v) is 4.05. The Hall–Kier alpha value is -1.12. The lowest BCUT2D eigenvalue weighted by molar-refractivity contribution is -0.126. The number of nitrogens with one attached hydrogen (secondary N) is 1. The molecule has 1 fully saturated rings. The normalized spacial score (nSPS) is 21.2. The van der Waals surface area contributed by atoms with Crippen molar-refractivity contribution in [3.8, 4) is 0 Å². The molecular weight excluding hydrogens is 334 g/mol. The standard InChI is InChI=1S/C11H14BrN3O3S/c1-7-11(16)14-4-5-15(7)19(17,18)8-2-3-10(13)9(12)6-8/h2-3,6-7H,4-5,13H2,1H3,(H,14,16). The van der Waals surface area contributed by atoms with E-state index in [1.165, 1.54) is 22.5 Å². The monoisotopic (exact) mass is 347 g/mol. The number of nitrogen functional groups attached to an aromatic ring is 1. The van der Waals surface area contributed by atoms with E-state index in [1.54, 1.807) is 6.92 Å². The minimum atomic E-state index is -3.70. The number of carbonyl (C=O) groups excluding carboxylic acids is 1. The summed E-state index contributed by atoms with van der Waals surface area (Å²) >= 11 is 3.20. The van der Waals surface area contributed by atoms with Crippen molar-refractivity contribution in [3.05, 3.63) is 22.7 Å². The van der Waals surface area contributed by atoms with Crippen molar-refractivity contribution < 1.29 is 13.2 Å². The highest BCUT2D eigenvalue weighted by atomic mass is 79.9. The molecule has 1 heterocycles. The minimum Gasteiger partial charge on any atom is -0.398 e. The number of amides is 1. The van der Waals surface area contributed by atoms with Gasteiger partial charge in [-0.3, -0.25) is 4.79 Å². The summed E-state index contributed by atoms with van der Waals surface area (Å²) in [4.78, 5) is 11.7. The van der Waals surface area contributed by atoms with E-state index < -0.39 is 16.1 Å². The Morgan fingerprint density at radius 3 is 2.79 bits per heavy atom. The number of anilines is 1. The Balaban J connectivity index is 2.41. The maximum atomic E-state index is 12.5. The summed E-state index contributed by atoms with van der Waals surface area (Å²) in [6.07, 6.45) is 0. The lowest BCUT2D eigenvalue weighted by Crippen LogP contribution is -2.55. The Morgan fingerprint density at radius 1 is 1.47 bits per heavy atom. The Morgan fingerprint density at radius 2 is 2.16 bits per heavy atom. The lowest BCUT2D eigenvalue weighted by atomic mass is 10.2. The number of piperazine rings is 1. The molecule has 1 aliphatic heterocycles. The van der Waals surface area contributed by atoms with Crippen molar-refractivity contribution in [1.82, 2.24) is 9.62 Å². The zero-order chi connectivity index (χ0) is 14.2. The third-order valence-electron chi connectivity index (χ3n) is 3.02. The predicted octanol–water partition coefficient (Wildman–Crippen LogP) is 0.540. The van der Waals surface area contributed by atoms with Crippen LogP contribution < -0.4 is 11.1 Å². The summed E-state index contributed by atoms with van der Waals surface area (Å²) in [6, 6.07) is 3.69. The second-order valence-electron chi connectivity index (χ2n) is 4.27. The highest BCUT2D eigenvalue weighted by molar-refractivity contribution is 9.10. The molecule has 0 saturated carbocycles. The summed E-state index contributed by atoms with van der Waals surface area (Å²) in [6.45, 7) is 2.15. The average molecular weight is 348 g/mol. The van der Waals surface area contributed by atoms with Gasteiger partial charge in [0.1, 0.15) is 6.04 Å². The van der Waals surface area contributed by atoms with Gasteiger partial charge in [0.05, 0.1) is 4.90 Å². The molecule has 0 radical (unpaired) electrons. The number of carbonyl (C=O) groups is 1. The lowest BCUT2D eigenvalue weighted by Gasteiger charge is -2.31. The van der Waals surface area contributed by atoms with Crippen LogP contribution in [0.4, 0.5) is 5.69 Å². The number of hydrogen-bond donors (Lipinski definition) is 2. The maximum Gasteiger partial charge on any atom is 0.243 e. The molecule has 1 aliphatic rings. The molecule has 1 aromatic carbocycles. The number of sulfonamides is 1. The van der Waals surface area contributed by atoms with Crippen LogP contribution in [0.2, 0.25) is 0 Å². The average Bonchev–Trinajstić information content (AvgIpc) is 2.35. The molecule has 1 aromatic rings. The first-order valence-corrected chi connectivity index (χ1v) is 7.92. The molecular formula is C11H14BrN3O3S. The van der Waals surface area contributed by atoms with E-state index >= 15 is 0 Å². The van der Waals surface area contributed by atoms with Gasteiger partial charge < -0.3 is 11.1 Å². The topological polar surface area (TPSA) is 92.5 Å². The van der Waals surface area contributed by atoms with Crippen LogP contribution in [0.3, 0.4) is 0 Å². The fourth-order valence-electron chi connectivity index (χ4n) is 1.89. The van der Waals surface area contributed by atoms with E-state index in [1.807, 2.05) is 0 Å². The number of nitrogens with two attached hydrogens (primary N) is 1. The van der Waals surface area contributed by atoms with E-state index in [0.717, 1.165) is 0 Å². The van der Waals surface area contributed by atoms with Gasteiger partial charge in [0.2, 0.25) is 15.9 Å². The summed E-state index contributed by atoms with van der Waals surface area (Å²) in [7, 11) is -3.70. The SMILES string of the molecule is CC1C(=O)NCCN1S(=O)(=O)c1ccc(N)c(Br)c1. The smallest absolute Gasteiger partial charge is 0.243 e. The largest absolute Gasteiger partial charge is 0.398 e. The predicted molar refractivity (Wildman–Crippen MR) is 74.9 cm³/mol. The second kappa shape index (κ2) is 5.10. The number of rotatable bonds is 2. The van der Waals surface area contributed by atoms with Gasteiger partial charge >= 0.3 is 0 Å². The van der Waals surface area contributed by atoms with Gasteiger partial charge in [-0.1, -0.05) is 0 Å². The Bertz CT molecular complexity index is 618. The molecule has 6 nitrogen and oxygen atoms in total. The summed E-state index contributed by atoms with van der Waals surface area (Å²) in [5.74, 6) is -0.288. The van der Waals surface area contributed by atoms with E-state index in [-0.39, 0.29) is 17.3 Å². The van der Waals surface area contributed by atoms with E-state index in [0.29, 0.717) is 16.7 Å². The minimum absolute atomic E-state index is 0.120. The van der Waals surface area contributed by atoms with Gasteiger partial charge in [-0.25, -0.2) is 8.42 Å². The highest BCUT2D eigenvalue weighted by Gasteiger charge is 2.35. The van der Waals surface area contributed by atoms with E-state index in [2.05, 4.69) is 21.2 Å². The van der Waals surface area contributed by atoms with Crippen molar-refractivity contribution in [1.29, 1.82) is 0 Å². The van der Waals surface area contributed by atoms with Crippen LogP contribution in [0, 0.1) is 0 Å². The molecule has 2 rings (SSSR count). The van der Waals surface area contributed by atoms with Crippen molar-refractivity contribution >= 4 is 37.5 Å². The summed E-state index contributed by atoms with van der Waals surface area (Å²) in [5.41, 5.74) is 6.10. The molecule has 1 atom stereocenters. The summed E-state index contributed by atoms with van der Waals surface area (Å²) < 4.78 is 26.7. The molecule has 0 bridgehead atoms. The van der Waals surface area contributed by atoms with Gasteiger partial charge in [0.25, 0.3) is 0 Å². The molecule has 104 valence electrons. The third-order valence-corrected chi connectivity index (χ3v) is 5.67. The Kier molecular flexibility index (Phi) is 3.84. The van der Waals surface area contributed by atoms with Crippen LogP contribution in [0.5, 0.6) is 0 Å². The van der Waals surface area contributed by atoms with Crippen molar-refractivity contribution in [2.75, 3.05) is 18.8 Å². The van der Waals surface area contributed by atoms with Crippen molar-refractivity contribution in [2.24, 2.45) is 0 Å². The zero-order valence-corrected chi connectivity index (χ0v) is 12.7. The van der Waals surface area contributed by atoms with Gasteiger partial charge in [-0.15, -0.1) is 0 Å². The van der Waals surface area contributed by atoms with Crippen LogP contribution in [0.1, 0.15) is 6.92 Å². The second-order valence-corrected chi connectivity index (χ2v) is 7.01. The van der Waals surface area contributed by atoms with Crippen molar-refractivity contribution in [3.63, 3.8) is 0 Å². The molecule has 0 aromatic heterocycles. The first-order chi connectivity index (χ1) is 8.84. The van der Waals surface area contributed by atoms with Crippen LogP contribution >= 0.6 is 15.9 Å². The zero-order valence-electron chi connectivity index (χ0n) is 10.3. The van der Waals surface area contributed by atoms with E-state index in [9.17, 15) is 13.2 Å². The number of benzene rings is 1. The highest BCUT2D eigenvalue weighted by Crippen LogP contribution is 2.26. The van der Waals surface area contributed by atoms with Gasteiger partial charge in [0.15, 0.2) is 0 Å². The number of hydrogen-bond acceptors (Lipinski definition) is 4. The van der Waals surface area contributed by atoms with Crippen LogP contribution in [-0.2, 0) is 14.8 Å². The molecule has 3 N–H and O–H groups in total. The molecule has 0 aliphatic carbocycles. The Labute approximate surface area is 120 Å². The van der Waals surface area contributed by atoms with Crippen LogP contribution in [0.25, 0.3) is 0 Å². The van der Waals surface area contributed by atoms with Gasteiger partial charge in [-0.2, -0.15) is 4.31 Å². The number of nitrogens with zero attached hydrogens (tertiary/aromatic N) is 1. The third kappa shape index (κ3) is 2.60. The summed E-state index contributed by atoms with van der Waals surface area (Å²) in [5, 5.41) is 2.63. The van der Waals surface area contributed by atoms with Gasteiger partial charge in [-0.05, 0) is 41.1 Å². The first kappa shape index (κ1) is 14.3. The quantitative estimate of drug-likeness (QED) is 0.763. The van der Waals surface area contributed by atoms with Crippen LogP contribution in [-0.4, -0.2) is 37.8 Å². The van der Waals surface area contributed by atoms with Crippen molar-refractivity contribution in [2.45, 2.75) is 17.9 Å². The molecule has 0 spiro atoms.